The molecule has 0 spiro atoms. The number of amides is 2. The molecule has 7 heteroatoms. The predicted octanol–water partition coefficient (Wildman–Crippen LogP) is 2.14. The van der Waals surface area contributed by atoms with Gasteiger partial charge in [-0.05, 0) is 35.7 Å². The summed E-state index contributed by atoms with van der Waals surface area (Å²) in [6, 6.07) is 12.7. The highest BCUT2D eigenvalue weighted by atomic mass is 79.9. The maximum atomic E-state index is 12.2. The Kier molecular flexibility index (Phi) is 6.48. The molecule has 2 aromatic carbocycles. The van der Waals surface area contributed by atoms with Crippen molar-refractivity contribution in [1.82, 2.24) is 5.06 Å². The maximum Gasteiger partial charge on any atom is 0.270 e. The lowest BCUT2D eigenvalue weighted by Gasteiger charge is -2.19. The fraction of sp³-hybridized carbons (Fsp3) is 0.176. The van der Waals surface area contributed by atoms with Gasteiger partial charge in [0.2, 0.25) is 6.41 Å². The number of carbonyl (C=O) groups excluding carboxylic acids is 2. The van der Waals surface area contributed by atoms with Crippen LogP contribution < -0.4 is 5.73 Å². The number of phenolic OH excluding ortho intramolecular Hbond substituents is 1. The lowest BCUT2D eigenvalue weighted by molar-refractivity contribution is -0.191. The van der Waals surface area contributed by atoms with Gasteiger partial charge in [-0.3, -0.25) is 14.4 Å². The van der Waals surface area contributed by atoms with E-state index < -0.39 is 11.9 Å². The number of hydrogen-bond acceptors (Lipinski definition) is 5. The first-order chi connectivity index (χ1) is 11.5. The number of hydroxylamine groups is 2. The van der Waals surface area contributed by atoms with Crippen molar-refractivity contribution in [3.05, 3.63) is 64.1 Å². The number of nitrogens with two attached hydrogens (primary N) is 1. The molecular weight excluding hydrogens is 376 g/mol. The Morgan fingerprint density at radius 2 is 1.92 bits per heavy atom. The Bertz CT molecular complexity index is 706. The molecule has 2 rings (SSSR count). The third-order valence-corrected chi connectivity index (χ3v) is 4.11. The van der Waals surface area contributed by atoms with Gasteiger partial charge in [0.1, 0.15) is 12.4 Å². The summed E-state index contributed by atoms with van der Waals surface area (Å²) in [5.41, 5.74) is 7.43. The number of imide groups is 1. The fourth-order valence-corrected chi connectivity index (χ4v) is 2.44. The number of carbonyl (C=O) groups is 2. The van der Waals surface area contributed by atoms with Gasteiger partial charge in [0, 0.05) is 4.47 Å². The van der Waals surface area contributed by atoms with Crippen LogP contribution in [0.15, 0.2) is 53.0 Å². The van der Waals surface area contributed by atoms with Gasteiger partial charge in [0.05, 0.1) is 6.04 Å². The Labute approximate surface area is 147 Å². The van der Waals surface area contributed by atoms with Crippen molar-refractivity contribution >= 4 is 28.2 Å². The summed E-state index contributed by atoms with van der Waals surface area (Å²) in [6.45, 7) is 0.0534. The van der Waals surface area contributed by atoms with Crippen LogP contribution >= 0.6 is 15.9 Å². The minimum Gasteiger partial charge on any atom is -0.508 e. The third-order valence-electron chi connectivity index (χ3n) is 3.34. The molecule has 0 aliphatic heterocycles. The summed E-state index contributed by atoms with van der Waals surface area (Å²) in [7, 11) is 0. The van der Waals surface area contributed by atoms with Crippen LogP contribution in [0.2, 0.25) is 0 Å². The molecule has 0 fully saturated rings. The van der Waals surface area contributed by atoms with E-state index >= 15 is 0 Å². The molecule has 6 nitrogen and oxygen atoms in total. The SMILES string of the molecule is N[C@@H](Cc1ccc(O)cc1)C(=O)N(C=O)OCc1ccccc1Br. The van der Waals surface area contributed by atoms with E-state index in [1.807, 2.05) is 24.3 Å². The largest absolute Gasteiger partial charge is 0.508 e. The number of rotatable bonds is 7. The minimum atomic E-state index is -0.932. The zero-order chi connectivity index (χ0) is 17.5. The summed E-state index contributed by atoms with van der Waals surface area (Å²) < 4.78 is 0.816. The molecule has 0 aliphatic carbocycles. The molecule has 126 valence electrons. The first kappa shape index (κ1) is 18.1. The molecule has 3 N–H and O–H groups in total. The molecule has 2 aromatic rings. The van der Waals surface area contributed by atoms with Gasteiger partial charge >= 0.3 is 0 Å². The van der Waals surface area contributed by atoms with E-state index in [1.165, 1.54) is 12.1 Å². The third kappa shape index (κ3) is 4.89. The van der Waals surface area contributed by atoms with Crippen molar-refractivity contribution in [2.24, 2.45) is 5.73 Å². The lowest BCUT2D eigenvalue weighted by Crippen LogP contribution is -2.44. The number of phenols is 1. The van der Waals surface area contributed by atoms with E-state index in [2.05, 4.69) is 15.9 Å². The Morgan fingerprint density at radius 3 is 2.54 bits per heavy atom. The normalized spacial score (nSPS) is 11.8. The highest BCUT2D eigenvalue weighted by molar-refractivity contribution is 9.10. The van der Waals surface area contributed by atoms with E-state index in [1.54, 1.807) is 12.1 Å². The molecule has 0 saturated carbocycles. The first-order valence-corrected chi connectivity index (χ1v) is 7.98. The fourth-order valence-electron chi connectivity index (χ4n) is 2.04. The zero-order valence-corrected chi connectivity index (χ0v) is 14.3. The molecule has 0 heterocycles. The van der Waals surface area contributed by atoms with Gasteiger partial charge in [0.15, 0.2) is 0 Å². The van der Waals surface area contributed by atoms with Gasteiger partial charge in [-0.25, -0.2) is 0 Å². The lowest BCUT2D eigenvalue weighted by atomic mass is 10.1. The highest BCUT2D eigenvalue weighted by Crippen LogP contribution is 2.17. The minimum absolute atomic E-state index is 0.0534. The van der Waals surface area contributed by atoms with Crippen LogP contribution in [-0.4, -0.2) is 28.5 Å². The molecule has 0 bridgehead atoms. The van der Waals surface area contributed by atoms with Crippen LogP contribution in [0.3, 0.4) is 0 Å². The maximum absolute atomic E-state index is 12.2. The molecule has 0 radical (unpaired) electrons. The number of benzene rings is 2. The molecule has 2 amide bonds. The molecular formula is C17H17BrN2O4. The van der Waals surface area contributed by atoms with Crippen molar-refractivity contribution in [3.63, 3.8) is 0 Å². The molecule has 1 atom stereocenters. The van der Waals surface area contributed by atoms with E-state index in [0.29, 0.717) is 11.5 Å². The Hall–Kier alpha value is -2.22. The Morgan fingerprint density at radius 1 is 1.25 bits per heavy atom. The van der Waals surface area contributed by atoms with Crippen molar-refractivity contribution in [2.75, 3.05) is 0 Å². The molecule has 24 heavy (non-hydrogen) atoms. The summed E-state index contributed by atoms with van der Waals surface area (Å²) in [5.74, 6) is -0.505. The quantitative estimate of drug-likeness (QED) is 0.556. The number of aromatic hydroxyl groups is 1. The van der Waals surface area contributed by atoms with Gasteiger partial charge in [-0.15, -0.1) is 0 Å². The van der Waals surface area contributed by atoms with E-state index in [9.17, 15) is 14.7 Å². The average Bonchev–Trinajstić information content (AvgIpc) is 2.58. The number of halogens is 1. The van der Waals surface area contributed by atoms with Crippen molar-refractivity contribution in [3.8, 4) is 5.75 Å². The van der Waals surface area contributed by atoms with Gasteiger partial charge in [-0.2, -0.15) is 5.06 Å². The van der Waals surface area contributed by atoms with E-state index in [0.717, 1.165) is 15.6 Å². The summed E-state index contributed by atoms with van der Waals surface area (Å²) >= 11 is 3.37. The number of hydrogen-bond donors (Lipinski definition) is 2. The molecule has 0 unspecified atom stereocenters. The van der Waals surface area contributed by atoms with Crippen LogP contribution in [0.4, 0.5) is 0 Å². The monoisotopic (exact) mass is 392 g/mol. The van der Waals surface area contributed by atoms with Crippen LogP contribution in [0.25, 0.3) is 0 Å². The van der Waals surface area contributed by atoms with E-state index in [4.69, 9.17) is 10.6 Å². The van der Waals surface area contributed by atoms with Crippen LogP contribution in [0, 0.1) is 0 Å². The smallest absolute Gasteiger partial charge is 0.270 e. The molecule has 0 aromatic heterocycles. The Balaban J connectivity index is 1.96. The summed E-state index contributed by atoms with van der Waals surface area (Å²) in [6.07, 6.45) is 0.526. The standard InChI is InChI=1S/C17H17BrN2O4/c18-15-4-2-1-3-13(15)10-24-20(11-21)17(23)16(19)9-12-5-7-14(22)8-6-12/h1-8,11,16,22H,9-10,19H2/t16-/m0/s1. The topological polar surface area (TPSA) is 92.9 Å². The second-order valence-corrected chi connectivity index (χ2v) is 5.97. The van der Waals surface area contributed by atoms with Crippen molar-refractivity contribution in [1.29, 1.82) is 0 Å². The van der Waals surface area contributed by atoms with Gasteiger partial charge in [-0.1, -0.05) is 46.3 Å². The van der Waals surface area contributed by atoms with Crippen LogP contribution in [-0.2, 0) is 27.5 Å². The van der Waals surface area contributed by atoms with Crippen LogP contribution in [0.1, 0.15) is 11.1 Å². The molecule has 0 aliphatic rings. The van der Waals surface area contributed by atoms with E-state index in [-0.39, 0.29) is 18.8 Å². The molecule has 0 saturated heterocycles. The highest BCUT2D eigenvalue weighted by Gasteiger charge is 2.22. The average molecular weight is 393 g/mol. The summed E-state index contributed by atoms with van der Waals surface area (Å²) in [4.78, 5) is 28.6. The van der Waals surface area contributed by atoms with Crippen molar-refractivity contribution < 1.29 is 19.5 Å². The number of nitrogens with zero attached hydrogens (tertiary/aromatic N) is 1. The summed E-state index contributed by atoms with van der Waals surface area (Å²) in [5, 5.41) is 9.87. The predicted molar refractivity (Wildman–Crippen MR) is 91.6 cm³/mol. The second kappa shape index (κ2) is 8.58. The zero-order valence-electron chi connectivity index (χ0n) is 12.8. The second-order valence-electron chi connectivity index (χ2n) is 5.11. The van der Waals surface area contributed by atoms with Crippen LogP contribution in [0.5, 0.6) is 5.75 Å². The van der Waals surface area contributed by atoms with Gasteiger partial charge in [0.25, 0.3) is 5.91 Å². The van der Waals surface area contributed by atoms with Crippen molar-refractivity contribution in [2.45, 2.75) is 19.1 Å². The van der Waals surface area contributed by atoms with Gasteiger partial charge < -0.3 is 10.8 Å². The first-order valence-electron chi connectivity index (χ1n) is 7.19.